The summed E-state index contributed by atoms with van der Waals surface area (Å²) in [4.78, 5) is 30.1. The van der Waals surface area contributed by atoms with Crippen molar-refractivity contribution in [1.82, 2.24) is 9.55 Å². The number of benzene rings is 2. The van der Waals surface area contributed by atoms with Crippen molar-refractivity contribution in [2.45, 2.75) is 30.3 Å². The lowest BCUT2D eigenvalue weighted by molar-refractivity contribution is -0.115. The van der Waals surface area contributed by atoms with Gasteiger partial charge < -0.3 is 10.4 Å². The van der Waals surface area contributed by atoms with Crippen LogP contribution in [0.4, 0.5) is 5.69 Å². The highest BCUT2D eigenvalue weighted by atomic mass is 32.2. The van der Waals surface area contributed by atoms with Crippen LogP contribution in [0.3, 0.4) is 0 Å². The Labute approximate surface area is 172 Å². The molecule has 1 heterocycles. The van der Waals surface area contributed by atoms with Crippen LogP contribution in [0, 0.1) is 11.3 Å². The van der Waals surface area contributed by atoms with E-state index in [4.69, 9.17) is 10.4 Å². The molecule has 0 saturated heterocycles. The van der Waals surface area contributed by atoms with Gasteiger partial charge in [-0.25, -0.2) is 4.98 Å². The molecule has 0 aliphatic rings. The number of aliphatic hydroxyl groups excluding tert-OH is 1. The molecule has 8 heteroatoms. The molecule has 0 aliphatic heterocycles. The number of carbonyl (C=O) groups excluding carboxylic acids is 1. The molecule has 0 radical (unpaired) electrons. The summed E-state index contributed by atoms with van der Waals surface area (Å²) in [7, 11) is 0. The van der Waals surface area contributed by atoms with Gasteiger partial charge in [0.15, 0.2) is 5.16 Å². The van der Waals surface area contributed by atoms with Crippen molar-refractivity contribution >= 4 is 34.3 Å². The SMILES string of the molecule is C[C@@H](Sc1nc2ccccc2c(=O)n1CCCO)C(=O)Nc1cccc(C#N)c1. The Kier molecular flexibility index (Phi) is 6.65. The molecule has 0 bridgehead atoms. The topological polar surface area (TPSA) is 108 Å². The van der Waals surface area contributed by atoms with E-state index in [1.807, 2.05) is 6.07 Å². The van der Waals surface area contributed by atoms with Crippen LogP contribution in [-0.2, 0) is 11.3 Å². The van der Waals surface area contributed by atoms with E-state index in [9.17, 15) is 9.59 Å². The molecule has 29 heavy (non-hydrogen) atoms. The summed E-state index contributed by atoms with van der Waals surface area (Å²) in [6, 6.07) is 15.8. The minimum Gasteiger partial charge on any atom is -0.396 e. The first-order chi connectivity index (χ1) is 14.0. The summed E-state index contributed by atoms with van der Waals surface area (Å²) in [6.45, 7) is 1.99. The van der Waals surface area contributed by atoms with Crippen molar-refractivity contribution < 1.29 is 9.90 Å². The summed E-state index contributed by atoms with van der Waals surface area (Å²) in [5.41, 5.74) is 1.36. The highest BCUT2D eigenvalue weighted by molar-refractivity contribution is 8.00. The first-order valence-electron chi connectivity index (χ1n) is 9.11. The fourth-order valence-corrected chi connectivity index (χ4v) is 3.72. The predicted octanol–water partition coefficient (Wildman–Crippen LogP) is 2.77. The molecule has 3 aromatic rings. The van der Waals surface area contributed by atoms with Gasteiger partial charge in [0.25, 0.3) is 5.56 Å². The number of anilines is 1. The van der Waals surface area contributed by atoms with E-state index in [2.05, 4.69) is 10.3 Å². The molecule has 0 spiro atoms. The standard InChI is InChI=1S/C21H20N4O3S/c1-14(19(27)23-16-7-4-6-15(12-16)13-22)29-21-24-18-9-3-2-8-17(18)20(28)25(21)10-5-11-26/h2-4,6-9,12,14,26H,5,10-11H2,1H3,(H,23,27)/t14-/m1/s1. The van der Waals surface area contributed by atoms with Crippen LogP contribution in [0.2, 0.25) is 0 Å². The monoisotopic (exact) mass is 408 g/mol. The van der Waals surface area contributed by atoms with Crippen molar-refractivity contribution in [2.75, 3.05) is 11.9 Å². The van der Waals surface area contributed by atoms with Crippen molar-refractivity contribution in [3.05, 3.63) is 64.4 Å². The lowest BCUT2D eigenvalue weighted by Gasteiger charge is -2.16. The molecule has 0 aliphatic carbocycles. The number of fused-ring (bicyclic) bond motifs is 1. The van der Waals surface area contributed by atoms with E-state index in [0.717, 1.165) is 0 Å². The molecular weight excluding hydrogens is 388 g/mol. The third-order valence-corrected chi connectivity index (χ3v) is 5.37. The normalized spacial score (nSPS) is 11.8. The van der Waals surface area contributed by atoms with E-state index in [1.165, 1.54) is 16.3 Å². The second kappa shape index (κ2) is 9.37. The molecule has 1 amide bonds. The molecular formula is C21H20N4O3S. The quantitative estimate of drug-likeness (QED) is 0.460. The summed E-state index contributed by atoms with van der Waals surface area (Å²) < 4.78 is 1.50. The van der Waals surface area contributed by atoms with Crippen molar-refractivity contribution in [2.24, 2.45) is 0 Å². The smallest absolute Gasteiger partial charge is 0.262 e. The zero-order chi connectivity index (χ0) is 20.8. The minimum absolute atomic E-state index is 0.0470. The Morgan fingerprint density at radius 3 is 2.86 bits per heavy atom. The largest absolute Gasteiger partial charge is 0.396 e. The Balaban J connectivity index is 1.86. The number of nitrogens with one attached hydrogen (secondary N) is 1. The zero-order valence-corrected chi connectivity index (χ0v) is 16.6. The average molecular weight is 408 g/mol. The van der Waals surface area contributed by atoms with E-state index in [0.29, 0.717) is 40.3 Å². The maximum absolute atomic E-state index is 12.9. The Morgan fingerprint density at radius 2 is 2.10 bits per heavy atom. The van der Waals surface area contributed by atoms with Gasteiger partial charge in [-0.15, -0.1) is 0 Å². The van der Waals surface area contributed by atoms with Crippen molar-refractivity contribution in [3.63, 3.8) is 0 Å². The van der Waals surface area contributed by atoms with Gasteiger partial charge in [-0.2, -0.15) is 5.26 Å². The van der Waals surface area contributed by atoms with Crippen LogP contribution < -0.4 is 10.9 Å². The van der Waals surface area contributed by atoms with Gasteiger partial charge >= 0.3 is 0 Å². The van der Waals surface area contributed by atoms with Crippen molar-refractivity contribution in [1.29, 1.82) is 5.26 Å². The number of nitrogens with zero attached hydrogens (tertiary/aromatic N) is 3. The lowest BCUT2D eigenvalue weighted by Crippen LogP contribution is -2.27. The van der Waals surface area contributed by atoms with E-state index in [-0.39, 0.29) is 18.1 Å². The van der Waals surface area contributed by atoms with Gasteiger partial charge in [0, 0.05) is 18.8 Å². The molecule has 3 rings (SSSR count). The maximum Gasteiger partial charge on any atom is 0.262 e. The molecule has 148 valence electrons. The van der Waals surface area contributed by atoms with Gasteiger partial charge in [-0.3, -0.25) is 14.2 Å². The van der Waals surface area contributed by atoms with Gasteiger partial charge in [-0.05, 0) is 43.7 Å². The number of nitriles is 1. The number of hydrogen-bond donors (Lipinski definition) is 2. The number of hydrogen-bond acceptors (Lipinski definition) is 6. The Morgan fingerprint density at radius 1 is 1.31 bits per heavy atom. The van der Waals surface area contributed by atoms with Crippen LogP contribution in [-0.4, -0.2) is 32.4 Å². The van der Waals surface area contributed by atoms with E-state index in [1.54, 1.807) is 55.5 Å². The molecule has 0 fully saturated rings. The Bertz CT molecular complexity index is 1140. The highest BCUT2D eigenvalue weighted by Gasteiger charge is 2.19. The summed E-state index contributed by atoms with van der Waals surface area (Å²) >= 11 is 1.18. The zero-order valence-electron chi connectivity index (χ0n) is 15.8. The fraction of sp³-hybridized carbons (Fsp3) is 0.238. The van der Waals surface area contributed by atoms with Gasteiger partial charge in [0.05, 0.1) is 27.8 Å². The van der Waals surface area contributed by atoms with Crippen molar-refractivity contribution in [3.8, 4) is 6.07 Å². The minimum atomic E-state index is -0.533. The lowest BCUT2D eigenvalue weighted by atomic mass is 10.2. The number of thioether (sulfide) groups is 1. The number of aliphatic hydroxyl groups is 1. The maximum atomic E-state index is 12.9. The molecule has 7 nitrogen and oxygen atoms in total. The molecule has 1 atom stereocenters. The predicted molar refractivity (Wildman–Crippen MR) is 113 cm³/mol. The number of amides is 1. The number of carbonyl (C=O) groups is 1. The second-order valence-corrected chi connectivity index (χ2v) is 7.70. The molecule has 2 aromatic carbocycles. The van der Waals surface area contributed by atoms with Crippen LogP contribution >= 0.6 is 11.8 Å². The van der Waals surface area contributed by atoms with Crippen LogP contribution in [0.15, 0.2) is 58.5 Å². The molecule has 0 unspecified atom stereocenters. The van der Waals surface area contributed by atoms with Crippen LogP contribution in [0.1, 0.15) is 18.9 Å². The van der Waals surface area contributed by atoms with E-state index < -0.39 is 5.25 Å². The fourth-order valence-electron chi connectivity index (χ4n) is 2.79. The molecule has 2 N–H and O–H groups in total. The van der Waals surface area contributed by atoms with E-state index >= 15 is 0 Å². The first-order valence-corrected chi connectivity index (χ1v) is 9.99. The molecule has 1 aromatic heterocycles. The third-order valence-electron chi connectivity index (χ3n) is 4.28. The Hall–Kier alpha value is -3.15. The molecule has 0 saturated carbocycles. The average Bonchev–Trinajstić information content (AvgIpc) is 2.73. The summed E-state index contributed by atoms with van der Waals surface area (Å²) in [5.74, 6) is -0.263. The third kappa shape index (κ3) is 4.83. The van der Waals surface area contributed by atoms with Gasteiger partial charge in [0.1, 0.15) is 0 Å². The first kappa shape index (κ1) is 20.6. The van der Waals surface area contributed by atoms with Crippen LogP contribution in [0.5, 0.6) is 0 Å². The number of aromatic nitrogens is 2. The van der Waals surface area contributed by atoms with Gasteiger partial charge in [0.2, 0.25) is 5.91 Å². The highest BCUT2D eigenvalue weighted by Crippen LogP contribution is 2.24. The number of para-hydroxylation sites is 1. The second-order valence-electron chi connectivity index (χ2n) is 6.39. The van der Waals surface area contributed by atoms with Gasteiger partial charge in [-0.1, -0.05) is 30.0 Å². The van der Waals surface area contributed by atoms with Crippen LogP contribution in [0.25, 0.3) is 10.9 Å². The summed E-state index contributed by atoms with van der Waals surface area (Å²) in [6.07, 6.45) is 0.412. The number of rotatable bonds is 7. The summed E-state index contributed by atoms with van der Waals surface area (Å²) in [5, 5.41) is 21.3.